The number of pyridine rings is 1. The van der Waals surface area contributed by atoms with E-state index in [0.29, 0.717) is 6.54 Å². The smallest absolute Gasteiger partial charge is 0.123 e. The topological polar surface area (TPSA) is 38.9 Å². The van der Waals surface area contributed by atoms with Gasteiger partial charge in [0.25, 0.3) is 0 Å². The maximum absolute atomic E-state index is 13.5. The van der Waals surface area contributed by atoms with Gasteiger partial charge in [0, 0.05) is 18.1 Å². The molecule has 1 aromatic heterocycles. The quantitative estimate of drug-likeness (QED) is 0.758. The lowest BCUT2D eigenvalue weighted by atomic mass is 9.96. The Kier molecular flexibility index (Phi) is 2.97. The van der Waals surface area contributed by atoms with Crippen molar-refractivity contribution in [1.29, 1.82) is 0 Å². The molecule has 0 saturated heterocycles. The Morgan fingerprint density at radius 3 is 2.74 bits per heavy atom. The van der Waals surface area contributed by atoms with E-state index in [-0.39, 0.29) is 5.82 Å². The molecule has 94 valence electrons. The van der Waals surface area contributed by atoms with Crippen LogP contribution in [0.5, 0.6) is 0 Å². The predicted octanol–water partition coefficient (Wildman–Crippen LogP) is 3.50. The molecule has 2 aromatic carbocycles. The van der Waals surface area contributed by atoms with Crippen LogP contribution in [0, 0.1) is 5.82 Å². The van der Waals surface area contributed by atoms with Crippen molar-refractivity contribution in [3.8, 4) is 11.1 Å². The Bertz CT molecular complexity index is 732. The van der Waals surface area contributed by atoms with Crippen molar-refractivity contribution in [1.82, 2.24) is 4.98 Å². The highest BCUT2D eigenvalue weighted by Gasteiger charge is 2.09. The summed E-state index contributed by atoms with van der Waals surface area (Å²) in [6.07, 6.45) is 1.75. The van der Waals surface area contributed by atoms with Crippen molar-refractivity contribution in [3.63, 3.8) is 0 Å². The molecular formula is C16H13FN2. The van der Waals surface area contributed by atoms with Crippen molar-refractivity contribution < 1.29 is 4.39 Å². The van der Waals surface area contributed by atoms with Gasteiger partial charge in [-0.15, -0.1) is 0 Å². The van der Waals surface area contributed by atoms with Crippen LogP contribution in [0.3, 0.4) is 0 Å². The van der Waals surface area contributed by atoms with E-state index in [9.17, 15) is 4.39 Å². The number of hydrogen-bond donors (Lipinski definition) is 1. The third-order valence-corrected chi connectivity index (χ3v) is 3.23. The Morgan fingerprint density at radius 1 is 1.00 bits per heavy atom. The number of hydrogen-bond acceptors (Lipinski definition) is 2. The summed E-state index contributed by atoms with van der Waals surface area (Å²) in [5.74, 6) is -0.256. The monoisotopic (exact) mass is 252 g/mol. The van der Waals surface area contributed by atoms with Crippen LogP contribution in [-0.4, -0.2) is 4.98 Å². The second kappa shape index (κ2) is 4.78. The lowest BCUT2D eigenvalue weighted by molar-refractivity contribution is 0.627. The largest absolute Gasteiger partial charge is 0.326 e. The first kappa shape index (κ1) is 11.8. The average Bonchev–Trinajstić information content (AvgIpc) is 2.46. The summed E-state index contributed by atoms with van der Waals surface area (Å²) in [6, 6.07) is 14.4. The van der Waals surface area contributed by atoms with Crippen molar-refractivity contribution in [2.75, 3.05) is 0 Å². The highest BCUT2D eigenvalue weighted by molar-refractivity contribution is 5.95. The average molecular weight is 252 g/mol. The number of fused-ring (bicyclic) bond motifs is 1. The van der Waals surface area contributed by atoms with Crippen molar-refractivity contribution in [3.05, 3.63) is 66.1 Å². The first-order chi connectivity index (χ1) is 9.29. The van der Waals surface area contributed by atoms with Crippen LogP contribution >= 0.6 is 0 Å². The molecule has 3 heteroatoms. The lowest BCUT2D eigenvalue weighted by Gasteiger charge is -2.11. The highest BCUT2D eigenvalue weighted by Crippen LogP contribution is 2.30. The van der Waals surface area contributed by atoms with E-state index in [1.54, 1.807) is 12.3 Å². The van der Waals surface area contributed by atoms with Crippen LogP contribution in [0.15, 0.2) is 54.7 Å². The fourth-order valence-electron chi connectivity index (χ4n) is 2.32. The zero-order valence-corrected chi connectivity index (χ0v) is 10.3. The summed E-state index contributed by atoms with van der Waals surface area (Å²) >= 11 is 0. The standard InChI is InChI=1S/C16H13FN2/c17-12-7-6-11(10-18)15(9-12)13-3-1-5-16-14(13)4-2-8-19-16/h1-9H,10,18H2. The molecule has 0 aliphatic rings. The van der Waals surface area contributed by atoms with Crippen molar-refractivity contribution in [2.45, 2.75) is 6.54 Å². The molecule has 0 aliphatic carbocycles. The third-order valence-electron chi connectivity index (χ3n) is 3.23. The van der Waals surface area contributed by atoms with Crippen LogP contribution < -0.4 is 5.73 Å². The number of halogens is 1. The molecule has 1 heterocycles. The molecule has 0 atom stereocenters. The van der Waals surface area contributed by atoms with Gasteiger partial charge in [0.2, 0.25) is 0 Å². The van der Waals surface area contributed by atoms with Crippen LogP contribution in [0.1, 0.15) is 5.56 Å². The van der Waals surface area contributed by atoms with E-state index in [2.05, 4.69) is 4.98 Å². The number of nitrogens with two attached hydrogens (primary N) is 1. The second-order valence-electron chi connectivity index (χ2n) is 4.38. The molecule has 0 spiro atoms. The molecule has 0 bridgehead atoms. The Morgan fingerprint density at radius 2 is 1.89 bits per heavy atom. The third kappa shape index (κ3) is 2.09. The fraction of sp³-hybridized carbons (Fsp3) is 0.0625. The molecule has 0 fully saturated rings. The zero-order chi connectivity index (χ0) is 13.2. The number of aromatic nitrogens is 1. The lowest BCUT2D eigenvalue weighted by Crippen LogP contribution is -1.99. The normalized spacial score (nSPS) is 10.8. The molecule has 0 saturated carbocycles. The Hall–Kier alpha value is -2.26. The minimum Gasteiger partial charge on any atom is -0.326 e. The summed E-state index contributed by atoms with van der Waals surface area (Å²) < 4.78 is 13.5. The zero-order valence-electron chi connectivity index (χ0n) is 10.3. The van der Waals surface area contributed by atoms with Crippen LogP contribution in [0.25, 0.3) is 22.0 Å². The molecule has 0 amide bonds. The fourth-order valence-corrected chi connectivity index (χ4v) is 2.32. The van der Waals surface area contributed by atoms with Gasteiger partial charge in [-0.05, 0) is 41.0 Å². The van der Waals surface area contributed by atoms with E-state index >= 15 is 0 Å². The molecule has 0 unspecified atom stereocenters. The van der Waals surface area contributed by atoms with Gasteiger partial charge >= 0.3 is 0 Å². The highest BCUT2D eigenvalue weighted by atomic mass is 19.1. The van der Waals surface area contributed by atoms with E-state index in [1.807, 2.05) is 30.3 Å². The van der Waals surface area contributed by atoms with Gasteiger partial charge in [-0.1, -0.05) is 24.3 Å². The number of rotatable bonds is 2. The molecule has 0 radical (unpaired) electrons. The summed E-state index contributed by atoms with van der Waals surface area (Å²) in [5.41, 5.74) is 9.37. The Labute approximate surface area is 110 Å². The van der Waals surface area contributed by atoms with Gasteiger partial charge in [0.05, 0.1) is 5.52 Å². The number of nitrogens with zero attached hydrogens (tertiary/aromatic N) is 1. The van der Waals surface area contributed by atoms with E-state index < -0.39 is 0 Å². The molecule has 19 heavy (non-hydrogen) atoms. The first-order valence-corrected chi connectivity index (χ1v) is 6.12. The molecule has 3 aromatic rings. The summed E-state index contributed by atoms with van der Waals surface area (Å²) in [6.45, 7) is 0.381. The van der Waals surface area contributed by atoms with Crippen LogP contribution in [-0.2, 0) is 6.54 Å². The van der Waals surface area contributed by atoms with Crippen molar-refractivity contribution >= 4 is 10.9 Å². The summed E-state index contributed by atoms with van der Waals surface area (Å²) in [5, 5.41) is 1.00. The van der Waals surface area contributed by atoms with Gasteiger partial charge in [-0.3, -0.25) is 4.98 Å². The van der Waals surface area contributed by atoms with E-state index in [1.165, 1.54) is 12.1 Å². The first-order valence-electron chi connectivity index (χ1n) is 6.12. The van der Waals surface area contributed by atoms with Gasteiger partial charge < -0.3 is 5.73 Å². The van der Waals surface area contributed by atoms with E-state index in [0.717, 1.165) is 27.6 Å². The SMILES string of the molecule is NCc1ccc(F)cc1-c1cccc2ncccc12. The van der Waals surface area contributed by atoms with E-state index in [4.69, 9.17) is 5.73 Å². The molecule has 2 nitrogen and oxygen atoms in total. The molecule has 2 N–H and O–H groups in total. The van der Waals surface area contributed by atoms with Gasteiger partial charge in [0.15, 0.2) is 0 Å². The minimum atomic E-state index is -0.256. The van der Waals surface area contributed by atoms with Gasteiger partial charge in [0.1, 0.15) is 5.82 Å². The van der Waals surface area contributed by atoms with Gasteiger partial charge in [-0.2, -0.15) is 0 Å². The summed E-state index contributed by atoms with van der Waals surface area (Å²) in [4.78, 5) is 4.32. The summed E-state index contributed by atoms with van der Waals surface area (Å²) in [7, 11) is 0. The second-order valence-corrected chi connectivity index (χ2v) is 4.38. The Balaban J connectivity index is 2.33. The van der Waals surface area contributed by atoms with Crippen LogP contribution in [0.2, 0.25) is 0 Å². The maximum Gasteiger partial charge on any atom is 0.123 e. The predicted molar refractivity (Wildman–Crippen MR) is 75.0 cm³/mol. The molecule has 3 rings (SSSR count). The number of benzene rings is 2. The van der Waals surface area contributed by atoms with Crippen LogP contribution in [0.4, 0.5) is 4.39 Å². The maximum atomic E-state index is 13.5. The molecular weight excluding hydrogens is 239 g/mol. The minimum absolute atomic E-state index is 0.256. The van der Waals surface area contributed by atoms with Gasteiger partial charge in [-0.25, -0.2) is 4.39 Å². The van der Waals surface area contributed by atoms with Crippen molar-refractivity contribution in [2.24, 2.45) is 5.73 Å². The molecule has 0 aliphatic heterocycles.